The predicted octanol–water partition coefficient (Wildman–Crippen LogP) is 2.77. The van der Waals surface area contributed by atoms with Gasteiger partial charge >= 0.3 is 0 Å². The second-order valence-electron chi connectivity index (χ2n) is 4.05. The highest BCUT2D eigenvalue weighted by molar-refractivity contribution is 6.31. The molecule has 0 saturated carbocycles. The normalized spacial score (nSPS) is 10.7. The molecule has 0 spiro atoms. The van der Waals surface area contributed by atoms with E-state index in [2.05, 4.69) is 10.5 Å². The van der Waals surface area contributed by atoms with E-state index in [0.29, 0.717) is 10.8 Å². The van der Waals surface area contributed by atoms with Crippen LogP contribution in [-0.2, 0) is 4.79 Å². The Balaban J connectivity index is 1.78. The van der Waals surface area contributed by atoms with Crippen molar-refractivity contribution in [2.75, 3.05) is 6.61 Å². The molecule has 5 nitrogen and oxygen atoms in total. The van der Waals surface area contributed by atoms with Gasteiger partial charge < -0.3 is 9.15 Å². The van der Waals surface area contributed by atoms with E-state index in [1.165, 1.54) is 18.7 Å². The lowest BCUT2D eigenvalue weighted by atomic mass is 10.2. The van der Waals surface area contributed by atoms with Crippen molar-refractivity contribution in [1.29, 1.82) is 0 Å². The highest BCUT2D eigenvalue weighted by atomic mass is 35.5. The van der Waals surface area contributed by atoms with E-state index in [1.54, 1.807) is 24.3 Å². The fourth-order valence-electron chi connectivity index (χ4n) is 1.42. The summed E-state index contributed by atoms with van der Waals surface area (Å²) in [6, 6.07) is 6.92. The molecule has 0 aliphatic heterocycles. The molecule has 0 fully saturated rings. The third kappa shape index (κ3) is 4.13. The van der Waals surface area contributed by atoms with Crippen LogP contribution in [0.5, 0.6) is 5.75 Å². The van der Waals surface area contributed by atoms with E-state index in [0.717, 1.165) is 11.1 Å². The van der Waals surface area contributed by atoms with E-state index >= 15 is 0 Å². The van der Waals surface area contributed by atoms with Crippen molar-refractivity contribution in [3.63, 3.8) is 0 Å². The number of carbonyl (C=O) groups excluding carboxylic acids is 1. The van der Waals surface area contributed by atoms with Crippen LogP contribution in [0.15, 0.2) is 46.3 Å². The summed E-state index contributed by atoms with van der Waals surface area (Å²) < 4.78 is 10.2. The van der Waals surface area contributed by atoms with E-state index < -0.39 is 0 Å². The lowest BCUT2D eigenvalue weighted by Gasteiger charge is -2.06. The Morgan fingerprint density at radius 1 is 1.50 bits per heavy atom. The van der Waals surface area contributed by atoms with Crippen molar-refractivity contribution in [2.24, 2.45) is 5.10 Å². The fourth-order valence-corrected chi connectivity index (χ4v) is 1.53. The number of hydrogen-bond acceptors (Lipinski definition) is 4. The van der Waals surface area contributed by atoms with Crippen LogP contribution in [0.1, 0.15) is 11.1 Å². The van der Waals surface area contributed by atoms with Gasteiger partial charge in [0.1, 0.15) is 5.75 Å². The summed E-state index contributed by atoms with van der Waals surface area (Å²) in [5.41, 5.74) is 4.01. The van der Waals surface area contributed by atoms with Crippen LogP contribution in [-0.4, -0.2) is 18.7 Å². The number of hydrazone groups is 1. The lowest BCUT2D eigenvalue weighted by Crippen LogP contribution is -2.24. The average Bonchev–Trinajstić information content (AvgIpc) is 2.93. The molecule has 2 aromatic rings. The van der Waals surface area contributed by atoms with Gasteiger partial charge in [0.25, 0.3) is 5.91 Å². The monoisotopic (exact) mass is 292 g/mol. The maximum atomic E-state index is 11.5. The maximum absolute atomic E-state index is 11.5. The maximum Gasteiger partial charge on any atom is 0.277 e. The zero-order chi connectivity index (χ0) is 14.4. The molecule has 0 aliphatic rings. The number of aryl methyl sites for hydroxylation is 1. The number of carbonyl (C=O) groups is 1. The molecule has 104 valence electrons. The second-order valence-corrected chi connectivity index (χ2v) is 4.46. The quantitative estimate of drug-likeness (QED) is 0.681. The van der Waals surface area contributed by atoms with Crippen LogP contribution in [0.3, 0.4) is 0 Å². The summed E-state index contributed by atoms with van der Waals surface area (Å²) in [4.78, 5) is 11.5. The highest BCUT2D eigenvalue weighted by Crippen LogP contribution is 2.20. The molecule has 6 heteroatoms. The van der Waals surface area contributed by atoms with Gasteiger partial charge in [0.05, 0.1) is 18.7 Å². The Hall–Kier alpha value is -2.27. The number of halogens is 1. The van der Waals surface area contributed by atoms with Gasteiger partial charge in [-0.1, -0.05) is 11.6 Å². The Kier molecular flexibility index (Phi) is 4.79. The topological polar surface area (TPSA) is 63.8 Å². The highest BCUT2D eigenvalue weighted by Gasteiger charge is 2.03. The van der Waals surface area contributed by atoms with Crippen LogP contribution >= 0.6 is 11.6 Å². The summed E-state index contributed by atoms with van der Waals surface area (Å²) in [5.74, 6) is 0.234. The van der Waals surface area contributed by atoms with E-state index in [9.17, 15) is 4.79 Å². The van der Waals surface area contributed by atoms with Crippen molar-refractivity contribution in [2.45, 2.75) is 6.92 Å². The number of ether oxygens (including phenoxy) is 1. The first kappa shape index (κ1) is 14.1. The molecule has 20 heavy (non-hydrogen) atoms. The minimum atomic E-state index is -0.350. The molecule has 1 aromatic heterocycles. The minimum Gasteiger partial charge on any atom is -0.484 e. The molecule has 0 radical (unpaired) electrons. The van der Waals surface area contributed by atoms with Gasteiger partial charge in [0.2, 0.25) is 0 Å². The van der Waals surface area contributed by atoms with Gasteiger partial charge in [-0.15, -0.1) is 0 Å². The zero-order valence-electron chi connectivity index (χ0n) is 10.8. The van der Waals surface area contributed by atoms with Gasteiger partial charge in [0.15, 0.2) is 6.61 Å². The smallest absolute Gasteiger partial charge is 0.277 e. The molecular formula is C14H13ClN2O3. The van der Waals surface area contributed by atoms with Crippen LogP contribution in [0.4, 0.5) is 0 Å². The van der Waals surface area contributed by atoms with Crippen LogP contribution < -0.4 is 10.2 Å². The van der Waals surface area contributed by atoms with Crippen LogP contribution in [0.2, 0.25) is 5.02 Å². The largest absolute Gasteiger partial charge is 0.484 e. The number of hydrogen-bond donors (Lipinski definition) is 1. The molecule has 1 amide bonds. The van der Waals surface area contributed by atoms with Gasteiger partial charge in [-0.05, 0) is 36.8 Å². The third-order valence-electron chi connectivity index (χ3n) is 2.45. The van der Waals surface area contributed by atoms with Crippen LogP contribution in [0, 0.1) is 6.92 Å². The summed E-state index contributed by atoms with van der Waals surface area (Å²) in [7, 11) is 0. The summed E-state index contributed by atoms with van der Waals surface area (Å²) in [5, 5.41) is 4.43. The molecular weight excluding hydrogens is 280 g/mol. The minimum absolute atomic E-state index is 0.121. The van der Waals surface area contributed by atoms with Gasteiger partial charge in [-0.2, -0.15) is 5.10 Å². The first-order chi connectivity index (χ1) is 9.65. The Morgan fingerprint density at radius 3 is 3.05 bits per heavy atom. The Bertz CT molecular complexity index is 609. The average molecular weight is 293 g/mol. The summed E-state index contributed by atoms with van der Waals surface area (Å²) in [6.07, 6.45) is 4.52. The van der Waals surface area contributed by atoms with E-state index in [-0.39, 0.29) is 12.5 Å². The molecule has 1 heterocycles. The number of furan rings is 1. The van der Waals surface area contributed by atoms with Gasteiger partial charge in [0, 0.05) is 10.6 Å². The molecule has 1 N–H and O–H groups in total. The molecule has 0 saturated heterocycles. The predicted molar refractivity (Wildman–Crippen MR) is 76.1 cm³/mol. The molecule has 0 aliphatic carbocycles. The SMILES string of the molecule is Cc1cc(OCC(=O)N/N=C\c2ccoc2)ccc1Cl. The Morgan fingerprint density at radius 2 is 2.35 bits per heavy atom. The van der Waals surface area contributed by atoms with Gasteiger partial charge in [-0.25, -0.2) is 5.43 Å². The van der Waals surface area contributed by atoms with Crippen molar-refractivity contribution in [3.05, 3.63) is 52.9 Å². The van der Waals surface area contributed by atoms with Crippen molar-refractivity contribution < 1.29 is 13.9 Å². The number of amides is 1. The molecule has 0 bridgehead atoms. The van der Waals surface area contributed by atoms with Crippen molar-refractivity contribution in [3.8, 4) is 5.75 Å². The first-order valence-electron chi connectivity index (χ1n) is 5.88. The van der Waals surface area contributed by atoms with Crippen LogP contribution in [0.25, 0.3) is 0 Å². The molecule has 0 unspecified atom stereocenters. The summed E-state index contributed by atoms with van der Waals surface area (Å²) in [6.45, 7) is 1.74. The van der Waals surface area contributed by atoms with E-state index in [4.69, 9.17) is 20.8 Å². The Labute approximate surface area is 121 Å². The second kappa shape index (κ2) is 6.77. The standard InChI is InChI=1S/C14H13ClN2O3/c1-10-6-12(2-3-13(10)15)20-9-14(18)17-16-7-11-4-5-19-8-11/h2-8H,9H2,1H3,(H,17,18)/b16-7-. The molecule has 0 atom stereocenters. The number of nitrogens with one attached hydrogen (secondary N) is 1. The molecule has 1 aromatic carbocycles. The van der Waals surface area contributed by atoms with Crippen molar-refractivity contribution >= 4 is 23.7 Å². The number of rotatable bonds is 5. The number of benzene rings is 1. The molecule has 2 rings (SSSR count). The number of nitrogens with zero attached hydrogens (tertiary/aromatic N) is 1. The van der Waals surface area contributed by atoms with Gasteiger partial charge in [-0.3, -0.25) is 4.79 Å². The van der Waals surface area contributed by atoms with E-state index in [1.807, 2.05) is 6.92 Å². The zero-order valence-corrected chi connectivity index (χ0v) is 11.6. The lowest BCUT2D eigenvalue weighted by molar-refractivity contribution is -0.123. The van der Waals surface area contributed by atoms with Crippen molar-refractivity contribution in [1.82, 2.24) is 5.43 Å². The third-order valence-corrected chi connectivity index (χ3v) is 2.87. The fraction of sp³-hybridized carbons (Fsp3) is 0.143. The first-order valence-corrected chi connectivity index (χ1v) is 6.26. The summed E-state index contributed by atoms with van der Waals surface area (Å²) >= 11 is 5.90.